The summed E-state index contributed by atoms with van der Waals surface area (Å²) in [6.45, 7) is 0. The fourth-order valence-corrected chi connectivity index (χ4v) is 3.20. The summed E-state index contributed by atoms with van der Waals surface area (Å²) in [5, 5.41) is 21.1. The van der Waals surface area contributed by atoms with Crippen LogP contribution >= 0.6 is 0 Å². The topological polar surface area (TPSA) is 78.8 Å². The van der Waals surface area contributed by atoms with Crippen molar-refractivity contribution < 1.29 is 46.1 Å². The number of alkyl halides is 6. The molecule has 0 saturated heterocycles. The number of aromatic hydroxyl groups is 2. The van der Waals surface area contributed by atoms with E-state index in [2.05, 4.69) is 10.1 Å². The molecule has 5 nitrogen and oxygen atoms in total. The van der Waals surface area contributed by atoms with Crippen molar-refractivity contribution in [3.63, 3.8) is 0 Å². The molecule has 1 heterocycles. The fraction of sp³-hybridized carbons (Fsp3) is 0.136. The molecule has 11 heteroatoms. The van der Waals surface area contributed by atoms with Gasteiger partial charge in [-0.05, 0) is 41.5 Å². The van der Waals surface area contributed by atoms with Gasteiger partial charge in [0.05, 0.1) is 17.2 Å². The molecule has 1 amide bonds. The number of rotatable bonds is 2. The van der Waals surface area contributed by atoms with Crippen molar-refractivity contribution in [2.45, 2.75) is 18.5 Å². The Balaban J connectivity index is 0.000000235. The zero-order valence-electron chi connectivity index (χ0n) is 16.4. The number of anilines is 1. The molecular formula is C22H15F6NO4. The minimum absolute atomic E-state index is 0.185. The molecule has 0 saturated carbocycles. The van der Waals surface area contributed by atoms with Crippen LogP contribution in [-0.2, 0) is 11.0 Å². The van der Waals surface area contributed by atoms with Crippen LogP contribution in [0.2, 0.25) is 0 Å². The SMILES string of the molecule is FC(F)(F)Oc1ccccc1.O=C1Nc2c(cccc2C(F)(F)F)C1c1ccc(O)c(O)c1. The molecule has 0 radical (unpaired) electrons. The quantitative estimate of drug-likeness (QED) is 0.327. The van der Waals surface area contributed by atoms with Gasteiger partial charge in [-0.2, -0.15) is 13.2 Å². The molecule has 4 rings (SSSR count). The number of hydrogen-bond donors (Lipinski definition) is 3. The number of para-hydroxylation sites is 2. The van der Waals surface area contributed by atoms with Gasteiger partial charge in [-0.3, -0.25) is 4.79 Å². The molecule has 0 aliphatic carbocycles. The van der Waals surface area contributed by atoms with Crippen LogP contribution in [0.15, 0.2) is 66.7 Å². The summed E-state index contributed by atoms with van der Waals surface area (Å²) in [6.07, 6.45) is -9.17. The maximum absolute atomic E-state index is 13.0. The first kappa shape index (κ1) is 23.8. The van der Waals surface area contributed by atoms with E-state index in [9.17, 15) is 41.4 Å². The van der Waals surface area contributed by atoms with E-state index in [0.29, 0.717) is 5.56 Å². The van der Waals surface area contributed by atoms with Gasteiger partial charge in [0.25, 0.3) is 0 Å². The summed E-state index contributed by atoms with van der Waals surface area (Å²) >= 11 is 0. The van der Waals surface area contributed by atoms with E-state index in [1.807, 2.05) is 0 Å². The minimum atomic E-state index is -4.60. The highest BCUT2D eigenvalue weighted by Gasteiger charge is 2.41. The highest BCUT2D eigenvalue weighted by Crippen LogP contribution is 2.45. The molecule has 1 atom stereocenters. The summed E-state index contributed by atoms with van der Waals surface area (Å²) in [5.74, 6) is -2.59. The van der Waals surface area contributed by atoms with Crippen LogP contribution < -0.4 is 10.1 Å². The molecule has 3 aromatic carbocycles. The number of amides is 1. The van der Waals surface area contributed by atoms with Crippen LogP contribution in [0, 0.1) is 0 Å². The summed E-state index contributed by atoms with van der Waals surface area (Å²) in [7, 11) is 0. The van der Waals surface area contributed by atoms with E-state index in [4.69, 9.17) is 0 Å². The van der Waals surface area contributed by atoms with Crippen LogP contribution in [0.25, 0.3) is 0 Å². The predicted molar refractivity (Wildman–Crippen MR) is 105 cm³/mol. The monoisotopic (exact) mass is 471 g/mol. The van der Waals surface area contributed by atoms with Crippen molar-refractivity contribution in [3.8, 4) is 17.2 Å². The second-order valence-corrected chi connectivity index (χ2v) is 6.80. The zero-order valence-corrected chi connectivity index (χ0v) is 16.4. The van der Waals surface area contributed by atoms with Gasteiger partial charge < -0.3 is 20.3 Å². The Hall–Kier alpha value is -3.89. The largest absolute Gasteiger partial charge is 0.573 e. The van der Waals surface area contributed by atoms with E-state index >= 15 is 0 Å². The van der Waals surface area contributed by atoms with Gasteiger partial charge >= 0.3 is 12.5 Å². The van der Waals surface area contributed by atoms with Gasteiger partial charge in [-0.15, -0.1) is 13.2 Å². The number of halogens is 6. The number of hydrogen-bond acceptors (Lipinski definition) is 4. The van der Waals surface area contributed by atoms with E-state index < -0.39 is 35.7 Å². The van der Waals surface area contributed by atoms with Crippen molar-refractivity contribution in [3.05, 3.63) is 83.4 Å². The lowest BCUT2D eigenvalue weighted by molar-refractivity contribution is -0.274. The molecule has 3 aromatic rings. The number of phenols is 2. The Kier molecular flexibility index (Phi) is 6.43. The van der Waals surface area contributed by atoms with Gasteiger partial charge in [0.2, 0.25) is 5.91 Å². The van der Waals surface area contributed by atoms with Crippen molar-refractivity contribution >= 4 is 11.6 Å². The second-order valence-electron chi connectivity index (χ2n) is 6.80. The number of carbonyl (C=O) groups is 1. The number of fused-ring (bicyclic) bond motifs is 1. The lowest BCUT2D eigenvalue weighted by atomic mass is 9.91. The summed E-state index contributed by atoms with van der Waals surface area (Å²) < 4.78 is 77.1. The summed E-state index contributed by atoms with van der Waals surface area (Å²) in [5.41, 5.74) is -0.697. The molecule has 0 fully saturated rings. The van der Waals surface area contributed by atoms with Gasteiger partial charge in [-0.25, -0.2) is 0 Å². The number of ether oxygens (including phenoxy) is 1. The normalized spacial score (nSPS) is 15.2. The molecule has 3 N–H and O–H groups in total. The first-order chi connectivity index (χ1) is 15.4. The Morgan fingerprint density at radius 3 is 2.06 bits per heavy atom. The average molecular weight is 471 g/mol. The molecule has 174 valence electrons. The van der Waals surface area contributed by atoms with Crippen molar-refractivity contribution in [1.29, 1.82) is 0 Å². The third-order valence-electron chi connectivity index (χ3n) is 4.53. The Bertz CT molecular complexity index is 1150. The van der Waals surface area contributed by atoms with Crippen molar-refractivity contribution in [2.24, 2.45) is 0 Å². The summed E-state index contributed by atoms with van der Waals surface area (Å²) in [4.78, 5) is 12.1. The smallest absolute Gasteiger partial charge is 0.504 e. The number of nitrogens with one attached hydrogen (secondary N) is 1. The van der Waals surface area contributed by atoms with Crippen LogP contribution in [0.3, 0.4) is 0 Å². The maximum atomic E-state index is 13.0. The third kappa shape index (κ3) is 5.68. The standard InChI is InChI=1S/C15H10F3NO3.C7H5F3O/c16-15(17,18)9-3-1-2-8-12(14(22)19-13(8)9)7-4-5-10(20)11(21)6-7;8-7(9,10)11-6-4-2-1-3-5-6/h1-6,12,20-21H,(H,19,22);1-5H. The highest BCUT2D eigenvalue weighted by atomic mass is 19.4. The van der Waals surface area contributed by atoms with E-state index in [1.165, 1.54) is 48.5 Å². The molecule has 1 aliphatic rings. The van der Waals surface area contributed by atoms with Crippen LogP contribution in [0.5, 0.6) is 17.2 Å². The first-order valence-electron chi connectivity index (χ1n) is 9.20. The molecule has 0 aromatic heterocycles. The molecule has 33 heavy (non-hydrogen) atoms. The number of phenolic OH excluding ortho intramolecular Hbond substituents is 2. The molecule has 0 bridgehead atoms. The van der Waals surface area contributed by atoms with E-state index in [1.54, 1.807) is 6.07 Å². The van der Waals surface area contributed by atoms with E-state index in [0.717, 1.165) is 12.1 Å². The van der Waals surface area contributed by atoms with Gasteiger partial charge in [0.15, 0.2) is 11.5 Å². The fourth-order valence-electron chi connectivity index (χ4n) is 3.20. The van der Waals surface area contributed by atoms with Gasteiger partial charge in [-0.1, -0.05) is 36.4 Å². The lowest BCUT2D eigenvalue weighted by Gasteiger charge is -2.13. The van der Waals surface area contributed by atoms with E-state index in [-0.39, 0.29) is 22.7 Å². The Morgan fingerprint density at radius 2 is 1.48 bits per heavy atom. The summed E-state index contributed by atoms with van der Waals surface area (Å²) in [6, 6.07) is 14.3. The Morgan fingerprint density at radius 1 is 0.818 bits per heavy atom. The molecular weight excluding hydrogens is 456 g/mol. The zero-order chi connectivity index (χ0) is 24.4. The lowest BCUT2D eigenvalue weighted by Crippen LogP contribution is -2.16. The number of carbonyl (C=O) groups excluding carboxylic acids is 1. The molecule has 1 aliphatic heterocycles. The minimum Gasteiger partial charge on any atom is -0.504 e. The van der Waals surface area contributed by atoms with Gasteiger partial charge in [0.1, 0.15) is 5.75 Å². The van der Waals surface area contributed by atoms with Crippen molar-refractivity contribution in [2.75, 3.05) is 5.32 Å². The third-order valence-corrected chi connectivity index (χ3v) is 4.53. The maximum Gasteiger partial charge on any atom is 0.573 e. The highest BCUT2D eigenvalue weighted by molar-refractivity contribution is 6.06. The predicted octanol–water partition coefficient (Wildman–Crippen LogP) is 5.79. The average Bonchev–Trinajstić information content (AvgIpc) is 3.05. The van der Waals surface area contributed by atoms with Crippen LogP contribution in [0.4, 0.5) is 32.0 Å². The van der Waals surface area contributed by atoms with Crippen molar-refractivity contribution in [1.82, 2.24) is 0 Å². The van der Waals surface area contributed by atoms with Crippen LogP contribution in [-0.4, -0.2) is 22.5 Å². The molecule has 1 unspecified atom stereocenters. The first-order valence-corrected chi connectivity index (χ1v) is 9.20. The molecule has 0 spiro atoms. The van der Waals surface area contributed by atoms with Gasteiger partial charge in [0, 0.05) is 0 Å². The second kappa shape index (κ2) is 8.93. The number of benzene rings is 3. The Labute approximate surface area is 182 Å². The van der Waals surface area contributed by atoms with Crippen LogP contribution in [0.1, 0.15) is 22.6 Å².